The molecular weight excluding hydrogens is 306 g/mol. The summed E-state index contributed by atoms with van der Waals surface area (Å²) in [4.78, 5) is 24.8. The van der Waals surface area contributed by atoms with E-state index < -0.39 is 27.7 Å². The number of hydrogen-bond donors (Lipinski definition) is 0. The number of benzene rings is 1. The molecule has 1 aliphatic heterocycles. The molecule has 0 aromatic heterocycles. The lowest BCUT2D eigenvalue weighted by Gasteiger charge is -2.30. The Hall–Kier alpha value is -1.73. The lowest BCUT2D eigenvalue weighted by atomic mass is 10.0. The quantitative estimate of drug-likeness (QED) is 0.783. The summed E-state index contributed by atoms with van der Waals surface area (Å²) in [6.45, 7) is 4.82. The summed E-state index contributed by atoms with van der Waals surface area (Å²) in [5.41, 5.74) is -0.251. The van der Waals surface area contributed by atoms with Crippen molar-refractivity contribution in [2.45, 2.75) is 43.5 Å². The molecule has 1 aromatic carbocycles. The first kappa shape index (κ1) is 16.6. The number of rotatable bonds is 3. The van der Waals surface area contributed by atoms with Crippen LogP contribution in [0.5, 0.6) is 0 Å². The zero-order valence-electron chi connectivity index (χ0n) is 12.9. The number of amides is 1. The highest BCUT2D eigenvalue weighted by atomic mass is 32.2. The maximum atomic E-state index is 11.8. The van der Waals surface area contributed by atoms with Gasteiger partial charge in [-0.3, -0.25) is 4.79 Å². The average Bonchev–Trinajstić information content (AvgIpc) is 2.69. The Labute approximate surface area is 130 Å². The predicted octanol–water partition coefficient (Wildman–Crippen LogP) is 1.31. The van der Waals surface area contributed by atoms with Gasteiger partial charge in [0, 0.05) is 13.2 Å². The Bertz CT molecular complexity index is 693. The lowest BCUT2D eigenvalue weighted by molar-refractivity contribution is -0.146. The third-order valence-corrected chi connectivity index (χ3v) is 4.85. The van der Waals surface area contributed by atoms with Gasteiger partial charge in [0.05, 0.1) is 4.90 Å². The fourth-order valence-corrected chi connectivity index (χ4v) is 3.45. The van der Waals surface area contributed by atoms with Gasteiger partial charge in [0.1, 0.15) is 24.2 Å². The molecule has 0 spiro atoms. The van der Waals surface area contributed by atoms with E-state index in [0.29, 0.717) is 11.8 Å². The van der Waals surface area contributed by atoms with Crippen molar-refractivity contribution in [3.8, 4) is 0 Å². The summed E-state index contributed by atoms with van der Waals surface area (Å²) in [5, 5.41) is 0. The normalized spacial score (nSPS) is 24.3. The minimum absolute atomic E-state index is 0.194. The highest BCUT2D eigenvalue weighted by Crippen LogP contribution is 2.40. The summed E-state index contributed by atoms with van der Waals surface area (Å²) in [5.74, 6) is -0.252. The number of carbonyl (C=O) groups excluding carboxylic acids is 2. The second-order valence-electron chi connectivity index (χ2n) is 5.84. The van der Waals surface area contributed by atoms with Crippen molar-refractivity contribution in [3.05, 3.63) is 29.8 Å². The molecule has 6 nitrogen and oxygen atoms in total. The van der Waals surface area contributed by atoms with Gasteiger partial charge >= 0.3 is 0 Å². The maximum Gasteiger partial charge on any atom is 0.222 e. The van der Waals surface area contributed by atoms with Gasteiger partial charge in [0.2, 0.25) is 5.91 Å². The second-order valence-corrected chi connectivity index (χ2v) is 7.86. The van der Waals surface area contributed by atoms with Crippen molar-refractivity contribution < 1.29 is 22.7 Å². The molecule has 1 aliphatic rings. The molecule has 1 heterocycles. The Kier molecular flexibility index (Phi) is 4.14. The topological polar surface area (TPSA) is 80.8 Å². The molecule has 0 N–H and O–H groups in total. The molecule has 0 bridgehead atoms. The van der Waals surface area contributed by atoms with E-state index in [-0.39, 0.29) is 10.8 Å². The predicted molar refractivity (Wildman–Crippen MR) is 79.8 cm³/mol. The Balaban J connectivity index is 2.40. The maximum absolute atomic E-state index is 11.8. The minimum Gasteiger partial charge on any atom is -0.346 e. The number of sulfone groups is 1. The molecule has 1 fully saturated rings. The van der Waals surface area contributed by atoms with Crippen molar-refractivity contribution in [2.24, 2.45) is 0 Å². The standard InChI is InChI=1S/C15H19NO5S/c1-10(18)16-13(9-17)14(21-15(16,2)3)11-5-7-12(8-6-11)22(4,19)20/h5-9,13-14H,1-4H3/t13-,14+/m1/s1. The van der Waals surface area contributed by atoms with Gasteiger partial charge in [-0.15, -0.1) is 0 Å². The molecule has 22 heavy (non-hydrogen) atoms. The summed E-state index contributed by atoms with van der Waals surface area (Å²) in [6.07, 6.45) is 1.19. The highest BCUT2D eigenvalue weighted by molar-refractivity contribution is 7.90. The van der Waals surface area contributed by atoms with E-state index in [2.05, 4.69) is 0 Å². The van der Waals surface area contributed by atoms with Crippen LogP contribution in [0.3, 0.4) is 0 Å². The molecule has 0 radical (unpaired) electrons. The molecule has 0 unspecified atom stereocenters. The first-order valence-corrected chi connectivity index (χ1v) is 8.70. The van der Waals surface area contributed by atoms with Crippen LogP contribution in [-0.2, 0) is 24.2 Å². The smallest absolute Gasteiger partial charge is 0.222 e. The Morgan fingerprint density at radius 3 is 2.23 bits per heavy atom. The molecule has 2 atom stereocenters. The number of nitrogens with zero attached hydrogens (tertiary/aromatic N) is 1. The largest absolute Gasteiger partial charge is 0.346 e. The van der Waals surface area contributed by atoms with Crippen LogP contribution in [0.1, 0.15) is 32.4 Å². The first-order chi connectivity index (χ1) is 10.1. The van der Waals surface area contributed by atoms with Gasteiger partial charge in [-0.25, -0.2) is 8.42 Å². The molecule has 0 aliphatic carbocycles. The molecule has 1 saturated heterocycles. The van der Waals surface area contributed by atoms with Gasteiger partial charge in [-0.05, 0) is 31.5 Å². The number of hydrogen-bond acceptors (Lipinski definition) is 5. The monoisotopic (exact) mass is 325 g/mol. The minimum atomic E-state index is -3.28. The van der Waals surface area contributed by atoms with Crippen LogP contribution in [-0.4, -0.2) is 43.5 Å². The molecule has 1 aromatic rings. The van der Waals surface area contributed by atoms with Crippen LogP contribution in [0.2, 0.25) is 0 Å². The van der Waals surface area contributed by atoms with E-state index in [1.165, 1.54) is 24.0 Å². The fourth-order valence-electron chi connectivity index (χ4n) is 2.82. The van der Waals surface area contributed by atoms with Crippen molar-refractivity contribution in [1.29, 1.82) is 0 Å². The van der Waals surface area contributed by atoms with Crippen LogP contribution in [0.25, 0.3) is 0 Å². The lowest BCUT2D eigenvalue weighted by Crippen LogP contribution is -2.47. The number of carbonyl (C=O) groups is 2. The third-order valence-electron chi connectivity index (χ3n) is 3.72. The zero-order valence-corrected chi connectivity index (χ0v) is 13.8. The molecule has 1 amide bonds. The van der Waals surface area contributed by atoms with E-state index in [1.54, 1.807) is 26.0 Å². The van der Waals surface area contributed by atoms with Crippen molar-refractivity contribution in [2.75, 3.05) is 6.26 Å². The van der Waals surface area contributed by atoms with E-state index in [0.717, 1.165) is 6.26 Å². The van der Waals surface area contributed by atoms with E-state index >= 15 is 0 Å². The second kappa shape index (κ2) is 5.48. The van der Waals surface area contributed by atoms with Gasteiger partial charge in [-0.1, -0.05) is 12.1 Å². The molecule has 7 heteroatoms. The number of aldehydes is 1. The molecule has 0 saturated carbocycles. The van der Waals surface area contributed by atoms with Gasteiger partial charge in [0.25, 0.3) is 0 Å². The summed E-state index contributed by atoms with van der Waals surface area (Å²) in [6, 6.07) is 5.42. The Morgan fingerprint density at radius 2 is 1.82 bits per heavy atom. The van der Waals surface area contributed by atoms with Gasteiger partial charge in [0.15, 0.2) is 9.84 Å². The highest BCUT2D eigenvalue weighted by Gasteiger charge is 2.49. The van der Waals surface area contributed by atoms with Crippen molar-refractivity contribution in [1.82, 2.24) is 4.90 Å². The van der Waals surface area contributed by atoms with Crippen LogP contribution in [0.4, 0.5) is 0 Å². The Morgan fingerprint density at radius 1 is 1.27 bits per heavy atom. The summed E-state index contributed by atoms with van der Waals surface area (Å²) in [7, 11) is -3.28. The van der Waals surface area contributed by atoms with Crippen LogP contribution >= 0.6 is 0 Å². The molecule has 120 valence electrons. The first-order valence-electron chi connectivity index (χ1n) is 6.81. The average molecular weight is 325 g/mol. The van der Waals surface area contributed by atoms with Crippen LogP contribution in [0, 0.1) is 0 Å². The van der Waals surface area contributed by atoms with E-state index in [4.69, 9.17) is 4.74 Å². The van der Waals surface area contributed by atoms with E-state index in [9.17, 15) is 18.0 Å². The molecule has 2 rings (SSSR count). The summed E-state index contributed by atoms with van der Waals surface area (Å²) < 4.78 is 28.8. The molecular formula is C15H19NO5S. The number of ether oxygens (including phenoxy) is 1. The fraction of sp³-hybridized carbons (Fsp3) is 0.467. The third kappa shape index (κ3) is 2.91. The van der Waals surface area contributed by atoms with Crippen LogP contribution in [0.15, 0.2) is 29.2 Å². The van der Waals surface area contributed by atoms with Gasteiger partial charge in [-0.2, -0.15) is 0 Å². The van der Waals surface area contributed by atoms with Crippen molar-refractivity contribution >= 4 is 22.0 Å². The zero-order chi connectivity index (χ0) is 16.7. The SMILES string of the molecule is CC(=O)N1[C@H](C=O)[C@H](c2ccc(S(C)(=O)=O)cc2)OC1(C)C. The van der Waals surface area contributed by atoms with Crippen LogP contribution < -0.4 is 0 Å². The van der Waals surface area contributed by atoms with Crippen molar-refractivity contribution in [3.63, 3.8) is 0 Å². The van der Waals surface area contributed by atoms with Gasteiger partial charge < -0.3 is 14.4 Å². The summed E-state index contributed by atoms with van der Waals surface area (Å²) >= 11 is 0. The van der Waals surface area contributed by atoms with E-state index in [1.807, 2.05) is 0 Å².